The van der Waals surface area contributed by atoms with E-state index in [0.29, 0.717) is 10.9 Å². The van der Waals surface area contributed by atoms with E-state index in [1.165, 1.54) is 11.8 Å². The van der Waals surface area contributed by atoms with Gasteiger partial charge in [0.25, 0.3) is 5.91 Å². The van der Waals surface area contributed by atoms with Gasteiger partial charge in [-0.15, -0.1) is 0 Å². The third-order valence-corrected chi connectivity index (χ3v) is 5.29. The molecule has 5 nitrogen and oxygen atoms in total. The summed E-state index contributed by atoms with van der Waals surface area (Å²) in [5, 5.41) is 3.33. The molecule has 2 amide bonds. The largest absolute Gasteiger partial charge is 0.325 e. The van der Waals surface area contributed by atoms with Crippen LogP contribution in [0.1, 0.15) is 5.56 Å². The second kappa shape index (κ2) is 9.24. The lowest BCUT2D eigenvalue weighted by atomic mass is 10.1. The van der Waals surface area contributed by atoms with Crippen LogP contribution in [0.2, 0.25) is 0 Å². The zero-order valence-corrected chi connectivity index (χ0v) is 16.9. The Labute approximate surface area is 179 Å². The molecule has 0 bridgehead atoms. The van der Waals surface area contributed by atoms with Crippen LogP contribution in [0, 0.1) is 0 Å². The first-order valence-corrected chi connectivity index (χ1v) is 10.4. The minimum atomic E-state index is -0.325. The van der Waals surface area contributed by atoms with E-state index in [-0.39, 0.29) is 17.6 Å². The number of nitrogens with zero attached hydrogens (tertiary/aromatic N) is 2. The zero-order valence-electron chi connectivity index (χ0n) is 16.1. The standard InChI is InChI=1S/C24H19N3O2S/c28-22(25-19-12-6-2-7-13-19)17-30-24-26-23(29)21(16-18-10-4-1-5-11-18)27(24)20-14-8-3-9-15-20/h1-16H,17H2,(H,25,28)/b21-16+. The topological polar surface area (TPSA) is 61.8 Å². The molecule has 1 aliphatic heterocycles. The Morgan fingerprint density at radius 1 is 0.900 bits per heavy atom. The molecule has 0 radical (unpaired) electrons. The van der Waals surface area contributed by atoms with E-state index < -0.39 is 0 Å². The lowest BCUT2D eigenvalue weighted by molar-refractivity contribution is -0.114. The monoisotopic (exact) mass is 413 g/mol. The van der Waals surface area contributed by atoms with Crippen molar-refractivity contribution in [2.75, 3.05) is 16.0 Å². The van der Waals surface area contributed by atoms with Crippen molar-refractivity contribution in [3.8, 4) is 0 Å². The molecule has 148 valence electrons. The number of para-hydroxylation sites is 2. The summed E-state index contributed by atoms with van der Waals surface area (Å²) in [5.74, 6) is -0.341. The summed E-state index contributed by atoms with van der Waals surface area (Å²) < 4.78 is 0. The number of hydrogen-bond acceptors (Lipinski definition) is 4. The lowest BCUT2D eigenvalue weighted by Gasteiger charge is -2.21. The fourth-order valence-electron chi connectivity index (χ4n) is 3.00. The van der Waals surface area contributed by atoms with Crippen molar-refractivity contribution in [3.05, 3.63) is 102 Å². The molecule has 0 saturated heterocycles. The fraction of sp³-hybridized carbons (Fsp3) is 0.0417. The summed E-state index contributed by atoms with van der Waals surface area (Å²) in [4.78, 5) is 31.1. The van der Waals surface area contributed by atoms with E-state index in [4.69, 9.17) is 0 Å². The van der Waals surface area contributed by atoms with Crippen molar-refractivity contribution < 1.29 is 9.59 Å². The maximum absolute atomic E-state index is 12.7. The third-order valence-electron chi connectivity index (χ3n) is 4.36. The Hall–Kier alpha value is -3.64. The van der Waals surface area contributed by atoms with Crippen LogP contribution in [-0.4, -0.2) is 22.7 Å². The van der Waals surface area contributed by atoms with E-state index in [2.05, 4.69) is 10.3 Å². The Balaban J connectivity index is 1.55. The quantitative estimate of drug-likeness (QED) is 0.610. The number of hydrogen-bond donors (Lipinski definition) is 1. The first-order chi connectivity index (χ1) is 14.7. The van der Waals surface area contributed by atoms with Crippen molar-refractivity contribution in [1.82, 2.24) is 0 Å². The number of rotatable bonds is 5. The average Bonchev–Trinajstić information content (AvgIpc) is 3.09. The van der Waals surface area contributed by atoms with Gasteiger partial charge in [-0.25, -0.2) is 0 Å². The first-order valence-electron chi connectivity index (χ1n) is 9.43. The summed E-state index contributed by atoms with van der Waals surface area (Å²) in [6.07, 6.45) is 1.82. The summed E-state index contributed by atoms with van der Waals surface area (Å²) >= 11 is 1.23. The van der Waals surface area contributed by atoms with Crippen LogP contribution in [0.4, 0.5) is 11.4 Å². The molecular formula is C24H19N3O2S. The van der Waals surface area contributed by atoms with E-state index in [9.17, 15) is 9.59 Å². The molecule has 0 aromatic heterocycles. The number of benzene rings is 3. The van der Waals surface area contributed by atoms with Crippen LogP contribution in [0.3, 0.4) is 0 Å². The van der Waals surface area contributed by atoms with Gasteiger partial charge in [-0.05, 0) is 35.9 Å². The van der Waals surface area contributed by atoms with Crippen molar-refractivity contribution in [1.29, 1.82) is 0 Å². The molecule has 0 saturated carbocycles. The van der Waals surface area contributed by atoms with Crippen molar-refractivity contribution in [2.45, 2.75) is 0 Å². The van der Waals surface area contributed by atoms with Gasteiger partial charge in [0.1, 0.15) is 5.70 Å². The Morgan fingerprint density at radius 3 is 2.17 bits per heavy atom. The minimum absolute atomic E-state index is 0.142. The molecular weight excluding hydrogens is 394 g/mol. The third kappa shape index (κ3) is 4.67. The van der Waals surface area contributed by atoms with Crippen LogP contribution in [0.15, 0.2) is 102 Å². The minimum Gasteiger partial charge on any atom is -0.325 e. The first kappa shape index (κ1) is 19.7. The van der Waals surface area contributed by atoms with Crippen LogP contribution >= 0.6 is 11.8 Å². The highest BCUT2D eigenvalue weighted by Crippen LogP contribution is 2.31. The number of carbonyl (C=O) groups is 2. The number of carbonyl (C=O) groups excluding carboxylic acids is 2. The molecule has 30 heavy (non-hydrogen) atoms. The lowest BCUT2D eigenvalue weighted by Crippen LogP contribution is -2.26. The van der Waals surface area contributed by atoms with Gasteiger partial charge >= 0.3 is 0 Å². The molecule has 3 aromatic carbocycles. The second-order valence-electron chi connectivity index (χ2n) is 6.51. The Kier molecular flexibility index (Phi) is 6.06. The molecule has 1 aliphatic rings. The molecule has 4 rings (SSSR count). The van der Waals surface area contributed by atoms with Crippen molar-refractivity contribution >= 4 is 46.2 Å². The molecule has 0 aliphatic carbocycles. The van der Waals surface area contributed by atoms with E-state index >= 15 is 0 Å². The number of thioether (sulfide) groups is 1. The highest BCUT2D eigenvalue weighted by Gasteiger charge is 2.31. The molecule has 1 heterocycles. The number of aliphatic imine (C=N–C) groups is 1. The molecule has 3 aromatic rings. The van der Waals surface area contributed by atoms with E-state index in [1.54, 1.807) is 4.90 Å². The van der Waals surface area contributed by atoms with Gasteiger partial charge in [0.05, 0.1) is 5.75 Å². The molecule has 0 unspecified atom stereocenters. The maximum Gasteiger partial charge on any atom is 0.296 e. The van der Waals surface area contributed by atoms with Gasteiger partial charge in [-0.3, -0.25) is 14.5 Å². The fourth-order valence-corrected chi connectivity index (χ4v) is 3.81. The number of amides is 2. The van der Waals surface area contributed by atoms with Crippen LogP contribution < -0.4 is 10.2 Å². The van der Waals surface area contributed by atoms with Crippen LogP contribution in [0.5, 0.6) is 0 Å². The average molecular weight is 414 g/mol. The smallest absolute Gasteiger partial charge is 0.296 e. The summed E-state index contributed by atoms with van der Waals surface area (Å²) in [6.45, 7) is 0. The molecule has 0 atom stereocenters. The molecule has 6 heteroatoms. The van der Waals surface area contributed by atoms with Gasteiger partial charge in [0.2, 0.25) is 5.91 Å². The highest BCUT2D eigenvalue weighted by molar-refractivity contribution is 8.14. The van der Waals surface area contributed by atoms with Gasteiger partial charge in [0.15, 0.2) is 5.17 Å². The van der Waals surface area contributed by atoms with Crippen molar-refractivity contribution in [2.24, 2.45) is 4.99 Å². The molecule has 1 N–H and O–H groups in total. The zero-order chi connectivity index (χ0) is 20.8. The van der Waals surface area contributed by atoms with Gasteiger partial charge in [0, 0.05) is 11.4 Å². The molecule has 0 fully saturated rings. The summed E-state index contributed by atoms with van der Waals surface area (Å²) in [7, 11) is 0. The van der Waals surface area contributed by atoms with Gasteiger partial charge in [-0.2, -0.15) is 4.99 Å². The predicted molar refractivity (Wildman–Crippen MR) is 123 cm³/mol. The van der Waals surface area contributed by atoms with Gasteiger partial charge < -0.3 is 5.32 Å². The second-order valence-corrected chi connectivity index (χ2v) is 7.46. The summed E-state index contributed by atoms with van der Waals surface area (Å²) in [5.41, 5.74) is 2.92. The number of anilines is 2. The predicted octanol–water partition coefficient (Wildman–Crippen LogP) is 4.80. The normalized spacial score (nSPS) is 14.7. The number of nitrogens with one attached hydrogen (secondary N) is 1. The highest BCUT2D eigenvalue weighted by atomic mass is 32.2. The maximum atomic E-state index is 12.7. The Morgan fingerprint density at radius 2 is 1.50 bits per heavy atom. The van der Waals surface area contributed by atoms with Crippen LogP contribution in [-0.2, 0) is 9.59 Å². The van der Waals surface area contributed by atoms with Crippen molar-refractivity contribution in [3.63, 3.8) is 0 Å². The SMILES string of the molecule is O=C(CSC1=NC(=O)/C(=C\c2ccccc2)N1c1ccccc1)Nc1ccccc1. The van der Waals surface area contributed by atoms with Gasteiger partial charge in [-0.1, -0.05) is 78.5 Å². The van der Waals surface area contributed by atoms with E-state index in [1.807, 2.05) is 97.1 Å². The molecule has 0 spiro atoms. The summed E-state index contributed by atoms with van der Waals surface area (Å²) in [6, 6.07) is 28.5. The Bertz CT molecular complexity index is 1100. The number of amidine groups is 1. The van der Waals surface area contributed by atoms with Crippen LogP contribution in [0.25, 0.3) is 6.08 Å². The van der Waals surface area contributed by atoms with E-state index in [0.717, 1.165) is 16.9 Å².